The third-order valence-corrected chi connectivity index (χ3v) is 3.39. The number of nitrogens with zero attached hydrogens (tertiary/aromatic N) is 1. The minimum absolute atomic E-state index is 0.722. The van der Waals surface area contributed by atoms with E-state index in [-0.39, 0.29) is 0 Å². The maximum absolute atomic E-state index is 5.99. The first-order valence-corrected chi connectivity index (χ1v) is 5.88. The molecule has 0 aliphatic heterocycles. The van der Waals surface area contributed by atoms with Crippen molar-refractivity contribution >= 4 is 38.4 Å². The summed E-state index contributed by atoms with van der Waals surface area (Å²) in [6, 6.07) is 14.2. The fraction of sp³-hybridized carbons (Fsp3) is 0. The van der Waals surface area contributed by atoms with Gasteiger partial charge in [-0.2, -0.15) is 0 Å². The number of benzene rings is 2. The summed E-state index contributed by atoms with van der Waals surface area (Å²) in [6.45, 7) is 0. The molecular weight excluding hydrogens is 222 g/mol. The largest absolute Gasteiger partial charge is 0.397 e. The molecule has 0 aliphatic carbocycles. The van der Waals surface area contributed by atoms with Crippen molar-refractivity contribution in [2.75, 3.05) is 5.73 Å². The topological polar surface area (TPSA) is 54.7 Å². The average molecular weight is 233 g/mol. The highest BCUT2D eigenvalue weighted by atomic mass is 14.8. The molecule has 3 heteroatoms. The number of hydrogen-bond acceptors (Lipinski definition) is 2. The summed E-state index contributed by atoms with van der Waals surface area (Å²) in [5, 5.41) is 3.51. The molecule has 4 aromatic rings. The van der Waals surface area contributed by atoms with Crippen LogP contribution in [-0.2, 0) is 0 Å². The standard InChI is InChI=1S/C15H11N3/c16-11-6-3-5-10-14-9-4-1-2-7-12(9)18-13(14)8-17-15(10)11/h1-8,18H,16H2. The fourth-order valence-corrected chi connectivity index (χ4v) is 2.59. The second kappa shape index (κ2) is 3.23. The molecule has 2 aromatic heterocycles. The maximum Gasteiger partial charge on any atom is 0.0939 e. The highest BCUT2D eigenvalue weighted by Gasteiger charge is 2.09. The number of nitrogens with two attached hydrogens (primary N) is 1. The summed E-state index contributed by atoms with van der Waals surface area (Å²) >= 11 is 0. The van der Waals surface area contributed by atoms with E-state index in [1.54, 1.807) is 0 Å². The molecule has 86 valence electrons. The van der Waals surface area contributed by atoms with Gasteiger partial charge in [0, 0.05) is 21.7 Å². The number of fused-ring (bicyclic) bond motifs is 5. The summed E-state index contributed by atoms with van der Waals surface area (Å²) < 4.78 is 0. The van der Waals surface area contributed by atoms with Crippen molar-refractivity contribution < 1.29 is 0 Å². The van der Waals surface area contributed by atoms with E-state index >= 15 is 0 Å². The zero-order valence-corrected chi connectivity index (χ0v) is 9.64. The Morgan fingerprint density at radius 2 is 1.72 bits per heavy atom. The molecule has 18 heavy (non-hydrogen) atoms. The van der Waals surface area contributed by atoms with Crippen LogP contribution < -0.4 is 5.73 Å². The quantitative estimate of drug-likeness (QED) is 0.457. The number of hydrogen-bond donors (Lipinski definition) is 2. The zero-order chi connectivity index (χ0) is 12.1. The van der Waals surface area contributed by atoms with Crippen LogP contribution in [0, 0.1) is 0 Å². The smallest absolute Gasteiger partial charge is 0.0939 e. The Bertz CT molecular complexity index is 890. The summed E-state index contributed by atoms with van der Waals surface area (Å²) in [5.41, 5.74) is 9.76. The number of rotatable bonds is 0. The van der Waals surface area contributed by atoms with E-state index in [1.165, 1.54) is 10.8 Å². The van der Waals surface area contributed by atoms with Crippen molar-refractivity contribution in [3.05, 3.63) is 48.7 Å². The van der Waals surface area contributed by atoms with E-state index in [0.29, 0.717) is 0 Å². The van der Waals surface area contributed by atoms with E-state index in [1.807, 2.05) is 30.5 Å². The van der Waals surface area contributed by atoms with E-state index in [4.69, 9.17) is 5.73 Å². The Hall–Kier alpha value is -2.55. The van der Waals surface area contributed by atoms with Gasteiger partial charge in [-0.05, 0) is 12.1 Å². The van der Waals surface area contributed by atoms with Crippen molar-refractivity contribution in [1.29, 1.82) is 0 Å². The molecule has 0 atom stereocenters. The van der Waals surface area contributed by atoms with E-state index in [9.17, 15) is 0 Å². The molecule has 0 radical (unpaired) electrons. The maximum atomic E-state index is 5.99. The fourth-order valence-electron chi connectivity index (χ4n) is 2.59. The molecule has 0 saturated heterocycles. The van der Waals surface area contributed by atoms with Crippen LogP contribution >= 0.6 is 0 Å². The van der Waals surface area contributed by atoms with Gasteiger partial charge in [-0.1, -0.05) is 30.3 Å². The first kappa shape index (κ1) is 9.48. The normalized spacial score (nSPS) is 11.6. The van der Waals surface area contributed by atoms with Crippen molar-refractivity contribution in [2.45, 2.75) is 0 Å². The number of nitrogen functional groups attached to an aromatic ring is 1. The third-order valence-electron chi connectivity index (χ3n) is 3.39. The molecule has 3 N–H and O–H groups in total. The highest BCUT2D eigenvalue weighted by molar-refractivity contribution is 6.20. The van der Waals surface area contributed by atoms with Gasteiger partial charge in [0.1, 0.15) is 0 Å². The molecule has 0 saturated carbocycles. The minimum Gasteiger partial charge on any atom is -0.397 e. The molecule has 0 spiro atoms. The summed E-state index contributed by atoms with van der Waals surface area (Å²) in [5.74, 6) is 0. The number of nitrogens with one attached hydrogen (secondary N) is 1. The molecule has 0 aliphatic rings. The number of para-hydroxylation sites is 2. The highest BCUT2D eigenvalue weighted by Crippen LogP contribution is 2.32. The molecular formula is C15H11N3. The molecule has 0 fully saturated rings. The van der Waals surface area contributed by atoms with Crippen LogP contribution in [0.3, 0.4) is 0 Å². The van der Waals surface area contributed by atoms with Crippen molar-refractivity contribution in [3.63, 3.8) is 0 Å². The Morgan fingerprint density at radius 3 is 2.67 bits per heavy atom. The molecule has 4 rings (SSSR count). The minimum atomic E-state index is 0.722. The SMILES string of the molecule is Nc1cccc2c1ncc1[nH]c3ccccc3c12. The van der Waals surface area contributed by atoms with Gasteiger partial charge < -0.3 is 10.7 Å². The predicted octanol–water partition coefficient (Wildman–Crippen LogP) is 3.45. The lowest BCUT2D eigenvalue weighted by Gasteiger charge is -2.02. The van der Waals surface area contributed by atoms with Crippen molar-refractivity contribution in [3.8, 4) is 0 Å². The van der Waals surface area contributed by atoms with Crippen LogP contribution in [-0.4, -0.2) is 9.97 Å². The van der Waals surface area contributed by atoms with Gasteiger partial charge in [-0.3, -0.25) is 4.98 Å². The second-order valence-electron chi connectivity index (χ2n) is 4.46. The van der Waals surface area contributed by atoms with E-state index < -0.39 is 0 Å². The Labute approximate surface area is 103 Å². The molecule has 2 heterocycles. The van der Waals surface area contributed by atoms with Gasteiger partial charge in [-0.15, -0.1) is 0 Å². The van der Waals surface area contributed by atoms with Crippen molar-refractivity contribution in [2.24, 2.45) is 0 Å². The van der Waals surface area contributed by atoms with E-state index in [0.717, 1.165) is 27.6 Å². The van der Waals surface area contributed by atoms with Gasteiger partial charge in [-0.25, -0.2) is 0 Å². The Morgan fingerprint density at radius 1 is 0.889 bits per heavy atom. The number of anilines is 1. The van der Waals surface area contributed by atoms with Gasteiger partial charge in [0.05, 0.1) is 22.9 Å². The lowest BCUT2D eigenvalue weighted by atomic mass is 10.1. The lowest BCUT2D eigenvalue weighted by Crippen LogP contribution is -1.89. The van der Waals surface area contributed by atoms with Gasteiger partial charge in [0.25, 0.3) is 0 Å². The van der Waals surface area contributed by atoms with Gasteiger partial charge >= 0.3 is 0 Å². The van der Waals surface area contributed by atoms with E-state index in [2.05, 4.69) is 28.2 Å². The monoisotopic (exact) mass is 233 g/mol. The summed E-state index contributed by atoms with van der Waals surface area (Å²) in [6.07, 6.45) is 1.86. The van der Waals surface area contributed by atoms with Gasteiger partial charge in [0.2, 0.25) is 0 Å². The van der Waals surface area contributed by atoms with Crippen LogP contribution in [0.15, 0.2) is 48.7 Å². The lowest BCUT2D eigenvalue weighted by molar-refractivity contribution is 1.41. The molecule has 0 amide bonds. The predicted molar refractivity (Wildman–Crippen MR) is 75.5 cm³/mol. The van der Waals surface area contributed by atoms with Crippen LogP contribution in [0.1, 0.15) is 0 Å². The number of pyridine rings is 1. The molecule has 3 nitrogen and oxygen atoms in total. The molecule has 0 unspecified atom stereocenters. The first-order chi connectivity index (χ1) is 8.84. The van der Waals surface area contributed by atoms with Crippen LogP contribution in [0.5, 0.6) is 0 Å². The average Bonchev–Trinajstić information content (AvgIpc) is 2.77. The van der Waals surface area contributed by atoms with Crippen LogP contribution in [0.25, 0.3) is 32.7 Å². The van der Waals surface area contributed by atoms with Crippen LogP contribution in [0.4, 0.5) is 5.69 Å². The number of aromatic amines is 1. The summed E-state index contributed by atoms with van der Waals surface area (Å²) in [7, 11) is 0. The van der Waals surface area contributed by atoms with Gasteiger partial charge in [0.15, 0.2) is 0 Å². The zero-order valence-electron chi connectivity index (χ0n) is 9.64. The second-order valence-corrected chi connectivity index (χ2v) is 4.46. The summed E-state index contributed by atoms with van der Waals surface area (Å²) in [4.78, 5) is 7.83. The Balaban J connectivity index is 2.37. The van der Waals surface area contributed by atoms with Crippen molar-refractivity contribution in [1.82, 2.24) is 9.97 Å². The molecule has 2 aromatic carbocycles. The Kier molecular flexibility index (Phi) is 1.70. The first-order valence-electron chi connectivity index (χ1n) is 5.88. The third kappa shape index (κ3) is 1.10. The van der Waals surface area contributed by atoms with Crippen LogP contribution in [0.2, 0.25) is 0 Å². The number of H-pyrrole nitrogens is 1. The number of aromatic nitrogens is 2. The molecule has 0 bridgehead atoms.